The van der Waals surface area contributed by atoms with E-state index in [1.54, 1.807) is 7.11 Å². The minimum Gasteiger partial charge on any atom is -0.379 e. The summed E-state index contributed by atoms with van der Waals surface area (Å²) in [6.45, 7) is 5.95. The van der Waals surface area contributed by atoms with E-state index < -0.39 is 0 Å². The third-order valence-corrected chi connectivity index (χ3v) is 5.18. The van der Waals surface area contributed by atoms with Crippen LogP contribution in [0.4, 0.5) is 0 Å². The third-order valence-electron chi connectivity index (χ3n) is 5.18. The van der Waals surface area contributed by atoms with Gasteiger partial charge >= 0.3 is 0 Å². The van der Waals surface area contributed by atoms with E-state index in [4.69, 9.17) is 10.5 Å². The number of rotatable bonds is 2. The Kier molecular flexibility index (Phi) is 4.85. The number of amides is 1. The SMILES string of the molecule is COC1CN(C(=O)C2CCCC(N)C2C)CCC1C. The number of nitrogens with two attached hydrogens (primary N) is 1. The number of piperidine rings is 1. The molecule has 5 atom stereocenters. The molecule has 1 aliphatic carbocycles. The predicted molar refractivity (Wildman–Crippen MR) is 75.6 cm³/mol. The maximum absolute atomic E-state index is 12.7. The van der Waals surface area contributed by atoms with Gasteiger partial charge in [-0.25, -0.2) is 0 Å². The van der Waals surface area contributed by atoms with Crippen LogP contribution in [-0.2, 0) is 9.53 Å². The third kappa shape index (κ3) is 3.11. The van der Waals surface area contributed by atoms with Crippen molar-refractivity contribution in [1.82, 2.24) is 4.90 Å². The van der Waals surface area contributed by atoms with Gasteiger partial charge in [0.15, 0.2) is 0 Å². The summed E-state index contributed by atoms with van der Waals surface area (Å²) in [6.07, 6.45) is 4.36. The van der Waals surface area contributed by atoms with E-state index in [0.717, 1.165) is 38.8 Å². The van der Waals surface area contributed by atoms with Crippen molar-refractivity contribution in [2.45, 2.75) is 51.7 Å². The summed E-state index contributed by atoms with van der Waals surface area (Å²) in [7, 11) is 1.74. The monoisotopic (exact) mass is 268 g/mol. The molecule has 19 heavy (non-hydrogen) atoms. The number of ether oxygens (including phenoxy) is 1. The van der Waals surface area contributed by atoms with Gasteiger partial charge in [0.25, 0.3) is 0 Å². The van der Waals surface area contributed by atoms with E-state index in [1.807, 2.05) is 4.90 Å². The first-order valence-electron chi connectivity index (χ1n) is 7.61. The number of methoxy groups -OCH3 is 1. The molecule has 0 aromatic rings. The molecule has 5 unspecified atom stereocenters. The predicted octanol–water partition coefficient (Wildman–Crippen LogP) is 1.63. The first-order chi connectivity index (χ1) is 9.04. The van der Waals surface area contributed by atoms with Gasteiger partial charge in [-0.1, -0.05) is 20.3 Å². The lowest BCUT2D eigenvalue weighted by Gasteiger charge is -2.41. The number of carbonyl (C=O) groups excluding carboxylic acids is 1. The van der Waals surface area contributed by atoms with Gasteiger partial charge in [-0.3, -0.25) is 4.79 Å². The molecule has 2 aliphatic rings. The molecule has 1 amide bonds. The zero-order valence-corrected chi connectivity index (χ0v) is 12.5. The number of nitrogens with zero attached hydrogens (tertiary/aromatic N) is 1. The highest BCUT2D eigenvalue weighted by molar-refractivity contribution is 5.79. The van der Waals surface area contributed by atoms with Crippen LogP contribution in [0.1, 0.15) is 39.5 Å². The lowest BCUT2D eigenvalue weighted by Crippen LogP contribution is -2.51. The summed E-state index contributed by atoms with van der Waals surface area (Å²) < 4.78 is 5.50. The van der Waals surface area contributed by atoms with Crippen LogP contribution >= 0.6 is 0 Å². The highest BCUT2D eigenvalue weighted by atomic mass is 16.5. The highest BCUT2D eigenvalue weighted by Gasteiger charge is 2.37. The van der Waals surface area contributed by atoms with Crippen molar-refractivity contribution >= 4 is 5.91 Å². The fraction of sp³-hybridized carbons (Fsp3) is 0.933. The Labute approximate surface area is 116 Å². The molecule has 0 radical (unpaired) electrons. The van der Waals surface area contributed by atoms with Crippen LogP contribution in [0.15, 0.2) is 0 Å². The van der Waals surface area contributed by atoms with Crippen LogP contribution in [0.25, 0.3) is 0 Å². The van der Waals surface area contributed by atoms with Crippen molar-refractivity contribution in [1.29, 1.82) is 0 Å². The van der Waals surface area contributed by atoms with Crippen molar-refractivity contribution in [2.24, 2.45) is 23.5 Å². The van der Waals surface area contributed by atoms with Gasteiger partial charge in [-0.15, -0.1) is 0 Å². The number of likely N-dealkylation sites (tertiary alicyclic amines) is 1. The number of hydrogen-bond acceptors (Lipinski definition) is 3. The summed E-state index contributed by atoms with van der Waals surface area (Å²) in [6, 6.07) is 0.185. The second-order valence-corrected chi connectivity index (χ2v) is 6.38. The van der Waals surface area contributed by atoms with E-state index in [2.05, 4.69) is 13.8 Å². The van der Waals surface area contributed by atoms with Crippen LogP contribution < -0.4 is 5.73 Å². The van der Waals surface area contributed by atoms with Gasteiger partial charge in [0, 0.05) is 32.2 Å². The van der Waals surface area contributed by atoms with Gasteiger partial charge < -0.3 is 15.4 Å². The molecule has 1 aliphatic heterocycles. The number of carbonyl (C=O) groups is 1. The van der Waals surface area contributed by atoms with Gasteiger partial charge in [0.1, 0.15) is 0 Å². The second kappa shape index (κ2) is 6.23. The van der Waals surface area contributed by atoms with E-state index in [0.29, 0.717) is 17.7 Å². The number of hydrogen-bond donors (Lipinski definition) is 1. The van der Waals surface area contributed by atoms with Crippen molar-refractivity contribution in [3.05, 3.63) is 0 Å². The van der Waals surface area contributed by atoms with Gasteiger partial charge in [0.05, 0.1) is 6.10 Å². The van der Waals surface area contributed by atoms with E-state index in [1.165, 1.54) is 0 Å². The Bertz CT molecular complexity index is 321. The van der Waals surface area contributed by atoms with Crippen molar-refractivity contribution in [2.75, 3.05) is 20.2 Å². The zero-order chi connectivity index (χ0) is 14.0. The molecule has 4 heteroatoms. The molecule has 1 saturated carbocycles. The normalized spacial score (nSPS) is 40.2. The summed E-state index contributed by atoms with van der Waals surface area (Å²) in [4.78, 5) is 14.7. The van der Waals surface area contributed by atoms with Crippen molar-refractivity contribution in [3.63, 3.8) is 0 Å². The zero-order valence-electron chi connectivity index (χ0n) is 12.5. The van der Waals surface area contributed by atoms with Crippen LogP contribution in [0.2, 0.25) is 0 Å². The smallest absolute Gasteiger partial charge is 0.226 e. The maximum atomic E-state index is 12.7. The average Bonchev–Trinajstić information content (AvgIpc) is 2.41. The van der Waals surface area contributed by atoms with Crippen molar-refractivity contribution < 1.29 is 9.53 Å². The van der Waals surface area contributed by atoms with E-state index in [-0.39, 0.29) is 18.1 Å². The lowest BCUT2D eigenvalue weighted by molar-refractivity contribution is -0.143. The minimum absolute atomic E-state index is 0.120. The summed E-state index contributed by atoms with van der Waals surface area (Å²) in [5.41, 5.74) is 6.12. The molecule has 1 heterocycles. The largest absolute Gasteiger partial charge is 0.379 e. The Morgan fingerprint density at radius 1 is 1.26 bits per heavy atom. The summed E-state index contributed by atoms with van der Waals surface area (Å²) in [5, 5.41) is 0. The van der Waals surface area contributed by atoms with Gasteiger partial charge in [-0.05, 0) is 31.1 Å². The average molecular weight is 268 g/mol. The van der Waals surface area contributed by atoms with Crippen molar-refractivity contribution in [3.8, 4) is 0 Å². The van der Waals surface area contributed by atoms with Gasteiger partial charge in [0.2, 0.25) is 5.91 Å². The van der Waals surface area contributed by atoms with Gasteiger partial charge in [-0.2, -0.15) is 0 Å². The summed E-state index contributed by atoms with van der Waals surface area (Å²) >= 11 is 0. The van der Waals surface area contributed by atoms with E-state index >= 15 is 0 Å². The maximum Gasteiger partial charge on any atom is 0.226 e. The first kappa shape index (κ1) is 14.8. The molecular formula is C15H28N2O2. The molecule has 110 valence electrons. The molecule has 0 spiro atoms. The molecule has 2 N–H and O–H groups in total. The molecule has 0 aromatic carbocycles. The Balaban J connectivity index is 1.99. The molecule has 4 nitrogen and oxygen atoms in total. The molecule has 2 rings (SSSR count). The Morgan fingerprint density at radius 2 is 2.00 bits per heavy atom. The van der Waals surface area contributed by atoms with Crippen LogP contribution in [-0.4, -0.2) is 43.2 Å². The topological polar surface area (TPSA) is 55.6 Å². The molecule has 1 saturated heterocycles. The Hall–Kier alpha value is -0.610. The fourth-order valence-electron chi connectivity index (χ4n) is 3.52. The van der Waals surface area contributed by atoms with Crippen LogP contribution in [0, 0.1) is 17.8 Å². The standard InChI is InChI=1S/C15H28N2O2/c1-10-7-8-17(9-14(10)19-3)15(18)12-5-4-6-13(16)11(12)2/h10-14H,4-9,16H2,1-3H3. The highest BCUT2D eigenvalue weighted by Crippen LogP contribution is 2.32. The lowest BCUT2D eigenvalue weighted by atomic mass is 9.76. The van der Waals surface area contributed by atoms with E-state index in [9.17, 15) is 4.79 Å². The first-order valence-corrected chi connectivity index (χ1v) is 7.61. The molecule has 0 aromatic heterocycles. The van der Waals surface area contributed by atoms with Crippen LogP contribution in [0.5, 0.6) is 0 Å². The molecular weight excluding hydrogens is 240 g/mol. The van der Waals surface area contributed by atoms with Crippen LogP contribution in [0.3, 0.4) is 0 Å². The quantitative estimate of drug-likeness (QED) is 0.828. The molecule has 0 bridgehead atoms. The Morgan fingerprint density at radius 3 is 2.68 bits per heavy atom. The molecule has 2 fully saturated rings. The summed E-state index contributed by atoms with van der Waals surface area (Å²) in [5.74, 6) is 1.27. The second-order valence-electron chi connectivity index (χ2n) is 6.38. The minimum atomic E-state index is 0.120. The fourth-order valence-corrected chi connectivity index (χ4v) is 3.52.